The number of nitrogens with one attached hydrogen (secondary N) is 1. The first-order valence-electron chi connectivity index (χ1n) is 6.35. The van der Waals surface area contributed by atoms with Crippen LogP contribution in [0.3, 0.4) is 0 Å². The summed E-state index contributed by atoms with van der Waals surface area (Å²) in [6.07, 6.45) is 6.66. The Bertz CT molecular complexity index is 145. The number of ether oxygens (including phenoxy) is 2. The molecule has 3 nitrogen and oxygen atoms in total. The molecule has 2 unspecified atom stereocenters. The lowest BCUT2D eigenvalue weighted by atomic mass is 10.1. The van der Waals surface area contributed by atoms with Gasteiger partial charge < -0.3 is 14.8 Å². The SMILES string of the molecule is C(COCC1CCNC1)CC1CCCO1. The average Bonchev–Trinajstić information content (AvgIpc) is 2.88. The largest absolute Gasteiger partial charge is 0.381 e. The summed E-state index contributed by atoms with van der Waals surface area (Å²) in [5.41, 5.74) is 0. The third kappa shape index (κ3) is 4.09. The highest BCUT2D eigenvalue weighted by Gasteiger charge is 2.16. The van der Waals surface area contributed by atoms with Crippen molar-refractivity contribution in [2.45, 2.75) is 38.2 Å². The average molecular weight is 213 g/mol. The van der Waals surface area contributed by atoms with Crippen LogP contribution < -0.4 is 5.32 Å². The van der Waals surface area contributed by atoms with E-state index in [-0.39, 0.29) is 0 Å². The minimum Gasteiger partial charge on any atom is -0.381 e. The van der Waals surface area contributed by atoms with Crippen LogP contribution in [-0.4, -0.2) is 39.0 Å². The van der Waals surface area contributed by atoms with Crippen LogP contribution in [0.15, 0.2) is 0 Å². The van der Waals surface area contributed by atoms with Gasteiger partial charge in [-0.1, -0.05) is 0 Å². The molecule has 2 atom stereocenters. The third-order valence-electron chi connectivity index (χ3n) is 3.35. The summed E-state index contributed by atoms with van der Waals surface area (Å²) >= 11 is 0. The summed E-state index contributed by atoms with van der Waals surface area (Å²) in [5.74, 6) is 0.757. The Labute approximate surface area is 92.5 Å². The molecule has 2 saturated heterocycles. The van der Waals surface area contributed by atoms with Crippen molar-refractivity contribution in [3.8, 4) is 0 Å². The standard InChI is InChI=1S/C12H23NO2/c1(3-12-4-2-8-15-12)7-14-10-11-5-6-13-9-11/h11-13H,1-10H2. The molecule has 0 amide bonds. The second-order valence-corrected chi connectivity index (χ2v) is 4.71. The summed E-state index contributed by atoms with van der Waals surface area (Å²) < 4.78 is 11.2. The number of rotatable bonds is 6. The molecular formula is C12H23NO2. The Morgan fingerprint density at radius 1 is 1.33 bits per heavy atom. The van der Waals surface area contributed by atoms with Gasteiger partial charge in [-0.3, -0.25) is 0 Å². The van der Waals surface area contributed by atoms with Crippen LogP contribution in [0.2, 0.25) is 0 Å². The van der Waals surface area contributed by atoms with Crippen LogP contribution in [0, 0.1) is 5.92 Å². The molecule has 0 spiro atoms. The molecule has 0 aliphatic carbocycles. The summed E-state index contributed by atoms with van der Waals surface area (Å²) in [5, 5.41) is 3.36. The van der Waals surface area contributed by atoms with Crippen molar-refractivity contribution >= 4 is 0 Å². The van der Waals surface area contributed by atoms with Crippen LogP contribution in [0.5, 0.6) is 0 Å². The first-order chi connectivity index (χ1) is 7.45. The highest BCUT2D eigenvalue weighted by molar-refractivity contribution is 4.70. The van der Waals surface area contributed by atoms with Crippen LogP contribution in [0.4, 0.5) is 0 Å². The molecule has 0 bridgehead atoms. The van der Waals surface area contributed by atoms with Gasteiger partial charge in [-0.15, -0.1) is 0 Å². The lowest BCUT2D eigenvalue weighted by Gasteiger charge is -2.11. The molecule has 2 rings (SSSR count). The zero-order chi connectivity index (χ0) is 10.3. The molecule has 0 aromatic rings. The fraction of sp³-hybridized carbons (Fsp3) is 1.00. The molecule has 0 saturated carbocycles. The van der Waals surface area contributed by atoms with Gasteiger partial charge in [0.05, 0.1) is 12.7 Å². The highest BCUT2D eigenvalue weighted by Crippen LogP contribution is 2.16. The van der Waals surface area contributed by atoms with Crippen LogP contribution in [-0.2, 0) is 9.47 Å². The zero-order valence-electron chi connectivity index (χ0n) is 9.54. The molecule has 2 aliphatic rings. The maximum absolute atomic E-state index is 5.68. The minimum absolute atomic E-state index is 0.529. The molecule has 15 heavy (non-hydrogen) atoms. The van der Waals surface area contributed by atoms with Crippen molar-refractivity contribution in [2.75, 3.05) is 32.9 Å². The van der Waals surface area contributed by atoms with E-state index in [9.17, 15) is 0 Å². The Morgan fingerprint density at radius 2 is 2.33 bits per heavy atom. The van der Waals surface area contributed by atoms with Crippen LogP contribution >= 0.6 is 0 Å². The fourth-order valence-corrected chi connectivity index (χ4v) is 2.39. The number of hydrogen-bond acceptors (Lipinski definition) is 3. The smallest absolute Gasteiger partial charge is 0.0576 e. The molecule has 2 heterocycles. The summed E-state index contributed by atoms with van der Waals surface area (Å²) in [6, 6.07) is 0. The first kappa shape index (κ1) is 11.4. The molecule has 2 aliphatic heterocycles. The molecule has 0 aromatic heterocycles. The van der Waals surface area contributed by atoms with Crippen LogP contribution in [0.1, 0.15) is 32.1 Å². The summed E-state index contributed by atoms with van der Waals surface area (Å²) in [4.78, 5) is 0. The summed E-state index contributed by atoms with van der Waals surface area (Å²) in [7, 11) is 0. The van der Waals surface area contributed by atoms with E-state index in [1.54, 1.807) is 0 Å². The Hall–Kier alpha value is -0.120. The lowest BCUT2D eigenvalue weighted by molar-refractivity contribution is 0.0723. The van der Waals surface area contributed by atoms with Gasteiger partial charge in [0.1, 0.15) is 0 Å². The van der Waals surface area contributed by atoms with Crippen molar-refractivity contribution in [2.24, 2.45) is 5.92 Å². The minimum atomic E-state index is 0.529. The van der Waals surface area contributed by atoms with Gasteiger partial charge in [0, 0.05) is 19.8 Å². The summed E-state index contributed by atoms with van der Waals surface area (Å²) in [6.45, 7) is 5.14. The van der Waals surface area contributed by atoms with E-state index in [0.29, 0.717) is 6.10 Å². The monoisotopic (exact) mass is 213 g/mol. The van der Waals surface area contributed by atoms with Gasteiger partial charge in [-0.25, -0.2) is 0 Å². The molecule has 2 fully saturated rings. The van der Waals surface area contributed by atoms with E-state index in [1.165, 1.54) is 32.2 Å². The second-order valence-electron chi connectivity index (χ2n) is 4.71. The topological polar surface area (TPSA) is 30.5 Å². The molecule has 1 N–H and O–H groups in total. The van der Waals surface area contributed by atoms with Gasteiger partial charge >= 0.3 is 0 Å². The predicted octanol–water partition coefficient (Wildman–Crippen LogP) is 1.57. The third-order valence-corrected chi connectivity index (χ3v) is 3.35. The maximum Gasteiger partial charge on any atom is 0.0576 e. The lowest BCUT2D eigenvalue weighted by Crippen LogP contribution is -2.14. The van der Waals surface area contributed by atoms with Crippen LogP contribution in [0.25, 0.3) is 0 Å². The van der Waals surface area contributed by atoms with Gasteiger partial charge in [-0.05, 0) is 44.6 Å². The van der Waals surface area contributed by atoms with Gasteiger partial charge in [-0.2, -0.15) is 0 Å². The molecule has 0 aromatic carbocycles. The van der Waals surface area contributed by atoms with E-state index in [0.717, 1.165) is 38.7 Å². The van der Waals surface area contributed by atoms with E-state index in [4.69, 9.17) is 9.47 Å². The van der Waals surface area contributed by atoms with Crippen molar-refractivity contribution in [1.29, 1.82) is 0 Å². The number of hydrogen-bond donors (Lipinski definition) is 1. The zero-order valence-corrected chi connectivity index (χ0v) is 9.54. The highest BCUT2D eigenvalue weighted by atomic mass is 16.5. The van der Waals surface area contributed by atoms with E-state index < -0.39 is 0 Å². The fourth-order valence-electron chi connectivity index (χ4n) is 2.39. The van der Waals surface area contributed by atoms with E-state index >= 15 is 0 Å². The molecule has 88 valence electrons. The predicted molar refractivity (Wildman–Crippen MR) is 60.0 cm³/mol. The molecular weight excluding hydrogens is 190 g/mol. The second kappa shape index (κ2) is 6.46. The maximum atomic E-state index is 5.68. The van der Waals surface area contributed by atoms with E-state index in [2.05, 4.69) is 5.32 Å². The quantitative estimate of drug-likeness (QED) is 0.679. The molecule has 0 radical (unpaired) electrons. The Morgan fingerprint density at radius 3 is 3.07 bits per heavy atom. The normalized spacial score (nSPS) is 31.2. The van der Waals surface area contributed by atoms with Crippen molar-refractivity contribution in [1.82, 2.24) is 5.32 Å². The van der Waals surface area contributed by atoms with Crippen molar-refractivity contribution in [3.05, 3.63) is 0 Å². The molecule has 3 heteroatoms. The van der Waals surface area contributed by atoms with Gasteiger partial charge in [0.25, 0.3) is 0 Å². The van der Waals surface area contributed by atoms with Crippen molar-refractivity contribution in [3.63, 3.8) is 0 Å². The van der Waals surface area contributed by atoms with Gasteiger partial charge in [0.15, 0.2) is 0 Å². The Kier molecular flexibility index (Phi) is 4.90. The van der Waals surface area contributed by atoms with Gasteiger partial charge in [0.2, 0.25) is 0 Å². The first-order valence-corrected chi connectivity index (χ1v) is 6.35. The Balaban J connectivity index is 1.41. The van der Waals surface area contributed by atoms with E-state index in [1.807, 2.05) is 0 Å². The van der Waals surface area contributed by atoms with Crippen molar-refractivity contribution < 1.29 is 9.47 Å².